The molecule has 0 spiro atoms. The third kappa shape index (κ3) is 4.76. The molecule has 4 nitrogen and oxygen atoms in total. The highest BCUT2D eigenvalue weighted by Crippen LogP contribution is 2.49. The normalized spacial score (nSPS) is 27.1. The zero-order valence-electron chi connectivity index (χ0n) is 16.9. The molecule has 1 heterocycles. The van der Waals surface area contributed by atoms with Gasteiger partial charge in [0.15, 0.2) is 0 Å². The van der Waals surface area contributed by atoms with Gasteiger partial charge in [0.1, 0.15) is 0 Å². The first-order chi connectivity index (χ1) is 13.7. The number of carbonyl (C=O) groups excluding carboxylic acids is 2. The zero-order valence-corrected chi connectivity index (χ0v) is 16.9. The van der Waals surface area contributed by atoms with Crippen LogP contribution in [-0.4, -0.2) is 36.3 Å². The summed E-state index contributed by atoms with van der Waals surface area (Å²) in [4.78, 5) is 26.9. The summed E-state index contributed by atoms with van der Waals surface area (Å²) in [6, 6.07) is 10.2. The number of benzene rings is 1. The molecule has 2 aliphatic carbocycles. The topological polar surface area (TPSA) is 49.4 Å². The Kier molecular flexibility index (Phi) is 6.33. The van der Waals surface area contributed by atoms with Gasteiger partial charge in [-0.1, -0.05) is 36.8 Å². The van der Waals surface area contributed by atoms with Gasteiger partial charge in [0, 0.05) is 32.0 Å². The maximum absolute atomic E-state index is 12.5. The van der Waals surface area contributed by atoms with Crippen molar-refractivity contribution in [3.8, 4) is 0 Å². The highest BCUT2D eigenvalue weighted by Gasteiger charge is 2.39. The van der Waals surface area contributed by atoms with Crippen molar-refractivity contribution in [2.75, 3.05) is 19.6 Å². The number of hydrogen-bond donors (Lipinski definition) is 1. The lowest BCUT2D eigenvalue weighted by molar-refractivity contribution is -0.135. The van der Waals surface area contributed by atoms with Gasteiger partial charge in [-0.05, 0) is 68.3 Å². The van der Waals surface area contributed by atoms with Crippen LogP contribution in [0.4, 0.5) is 0 Å². The van der Waals surface area contributed by atoms with Gasteiger partial charge in [0.25, 0.3) is 0 Å². The number of carbonyl (C=O) groups is 2. The van der Waals surface area contributed by atoms with E-state index in [1.165, 1.54) is 31.2 Å². The van der Waals surface area contributed by atoms with Crippen molar-refractivity contribution in [3.05, 3.63) is 35.9 Å². The molecule has 4 heteroatoms. The van der Waals surface area contributed by atoms with Crippen molar-refractivity contribution in [2.45, 2.75) is 57.8 Å². The molecule has 2 bridgehead atoms. The zero-order chi connectivity index (χ0) is 19.3. The van der Waals surface area contributed by atoms with Gasteiger partial charge in [-0.3, -0.25) is 9.59 Å². The van der Waals surface area contributed by atoms with Gasteiger partial charge in [-0.25, -0.2) is 0 Å². The molecular formula is C24H34N2O2. The summed E-state index contributed by atoms with van der Waals surface area (Å²) in [5, 5.41) is 3.19. The Morgan fingerprint density at radius 1 is 1.00 bits per heavy atom. The molecule has 3 unspecified atom stereocenters. The Balaban J connectivity index is 1.12. The summed E-state index contributed by atoms with van der Waals surface area (Å²) in [6.07, 6.45) is 9.81. The van der Waals surface area contributed by atoms with E-state index in [9.17, 15) is 9.59 Å². The van der Waals surface area contributed by atoms with E-state index in [0.717, 1.165) is 63.1 Å². The van der Waals surface area contributed by atoms with Crippen LogP contribution in [0.15, 0.2) is 30.3 Å². The van der Waals surface area contributed by atoms with Crippen molar-refractivity contribution < 1.29 is 9.59 Å². The summed E-state index contributed by atoms with van der Waals surface area (Å²) in [5.74, 6) is 3.28. The van der Waals surface area contributed by atoms with E-state index in [1.807, 2.05) is 23.1 Å². The smallest absolute Gasteiger partial charge is 0.223 e. The van der Waals surface area contributed by atoms with Gasteiger partial charge in [0.2, 0.25) is 11.8 Å². The molecule has 0 aromatic heterocycles. The standard InChI is InChI=1S/C24H34N2O2/c27-23(9-7-18-4-2-1-3-5-18)26-14-11-20(12-15-26)24(28)25-13-10-22-17-19-6-8-21(22)16-19/h1-5,19-22H,6-17H2,(H,25,28). The Labute approximate surface area is 169 Å². The monoisotopic (exact) mass is 382 g/mol. The van der Waals surface area contributed by atoms with Crippen molar-refractivity contribution in [1.29, 1.82) is 0 Å². The molecule has 3 aliphatic rings. The number of hydrogen-bond acceptors (Lipinski definition) is 2. The molecule has 3 atom stereocenters. The van der Waals surface area contributed by atoms with Crippen LogP contribution in [0.25, 0.3) is 0 Å². The maximum atomic E-state index is 12.5. The van der Waals surface area contributed by atoms with E-state index >= 15 is 0 Å². The van der Waals surface area contributed by atoms with Gasteiger partial charge >= 0.3 is 0 Å². The number of likely N-dealkylation sites (tertiary alicyclic amines) is 1. The quantitative estimate of drug-likeness (QED) is 0.780. The van der Waals surface area contributed by atoms with Gasteiger partial charge in [-0.15, -0.1) is 0 Å². The van der Waals surface area contributed by atoms with Crippen LogP contribution in [0.5, 0.6) is 0 Å². The van der Waals surface area contributed by atoms with Crippen LogP contribution in [0.1, 0.15) is 56.9 Å². The summed E-state index contributed by atoms with van der Waals surface area (Å²) < 4.78 is 0. The fourth-order valence-electron chi connectivity index (χ4n) is 5.70. The third-order valence-corrected chi connectivity index (χ3v) is 7.39. The van der Waals surface area contributed by atoms with E-state index in [-0.39, 0.29) is 17.7 Å². The Bertz CT molecular complexity index is 666. The van der Waals surface area contributed by atoms with E-state index in [0.29, 0.717) is 6.42 Å². The number of nitrogens with one attached hydrogen (secondary N) is 1. The molecule has 4 rings (SSSR count). The number of aryl methyl sites for hydroxylation is 1. The largest absolute Gasteiger partial charge is 0.356 e. The molecule has 152 valence electrons. The Hall–Kier alpha value is -1.84. The van der Waals surface area contributed by atoms with E-state index in [4.69, 9.17) is 0 Å². The molecule has 1 aromatic rings. The first kappa shape index (κ1) is 19.5. The van der Waals surface area contributed by atoms with Gasteiger partial charge in [-0.2, -0.15) is 0 Å². The second kappa shape index (κ2) is 9.11. The highest BCUT2D eigenvalue weighted by atomic mass is 16.2. The maximum Gasteiger partial charge on any atom is 0.223 e. The summed E-state index contributed by atoms with van der Waals surface area (Å²) >= 11 is 0. The third-order valence-electron chi connectivity index (χ3n) is 7.39. The minimum atomic E-state index is 0.0817. The second-order valence-corrected chi connectivity index (χ2v) is 9.16. The Morgan fingerprint density at radius 2 is 1.79 bits per heavy atom. The average molecular weight is 383 g/mol. The lowest BCUT2D eigenvalue weighted by Crippen LogP contribution is -2.43. The summed E-state index contributed by atoms with van der Waals surface area (Å²) in [6.45, 7) is 2.28. The first-order valence-corrected chi connectivity index (χ1v) is 11.3. The molecule has 0 radical (unpaired) electrons. The van der Waals surface area contributed by atoms with Gasteiger partial charge < -0.3 is 10.2 Å². The molecule has 1 saturated heterocycles. The Morgan fingerprint density at radius 3 is 2.46 bits per heavy atom. The predicted molar refractivity (Wildman–Crippen MR) is 111 cm³/mol. The minimum absolute atomic E-state index is 0.0817. The van der Waals surface area contributed by atoms with Crippen LogP contribution < -0.4 is 5.32 Å². The number of piperidine rings is 1. The molecule has 3 fully saturated rings. The molecular weight excluding hydrogens is 348 g/mol. The summed E-state index contributed by atoms with van der Waals surface area (Å²) in [5.41, 5.74) is 1.21. The van der Waals surface area contributed by atoms with Gasteiger partial charge in [0.05, 0.1) is 0 Å². The fraction of sp³-hybridized carbons (Fsp3) is 0.667. The lowest BCUT2D eigenvalue weighted by atomic mass is 9.86. The van der Waals surface area contributed by atoms with Crippen LogP contribution >= 0.6 is 0 Å². The SMILES string of the molecule is O=C(NCCC1CC2CCC1C2)C1CCN(C(=O)CCc2ccccc2)CC1. The number of rotatable bonds is 7. The molecule has 1 aliphatic heterocycles. The van der Waals surface area contributed by atoms with E-state index < -0.39 is 0 Å². The van der Waals surface area contributed by atoms with Crippen molar-refractivity contribution in [2.24, 2.45) is 23.7 Å². The second-order valence-electron chi connectivity index (χ2n) is 9.16. The number of fused-ring (bicyclic) bond motifs is 2. The average Bonchev–Trinajstić information content (AvgIpc) is 3.36. The molecule has 2 saturated carbocycles. The molecule has 28 heavy (non-hydrogen) atoms. The first-order valence-electron chi connectivity index (χ1n) is 11.3. The highest BCUT2D eigenvalue weighted by molar-refractivity contribution is 5.80. The molecule has 1 N–H and O–H groups in total. The van der Waals surface area contributed by atoms with E-state index in [2.05, 4.69) is 17.4 Å². The van der Waals surface area contributed by atoms with Crippen molar-refractivity contribution in [1.82, 2.24) is 10.2 Å². The lowest BCUT2D eigenvalue weighted by Gasteiger charge is -2.31. The van der Waals surface area contributed by atoms with Crippen LogP contribution in [0.3, 0.4) is 0 Å². The molecule has 1 aromatic carbocycles. The predicted octanol–water partition coefficient (Wildman–Crippen LogP) is 3.80. The molecule has 2 amide bonds. The summed E-state index contributed by atoms with van der Waals surface area (Å²) in [7, 11) is 0. The van der Waals surface area contributed by atoms with Crippen LogP contribution in [-0.2, 0) is 16.0 Å². The van der Waals surface area contributed by atoms with Crippen molar-refractivity contribution in [3.63, 3.8) is 0 Å². The van der Waals surface area contributed by atoms with Crippen molar-refractivity contribution >= 4 is 11.8 Å². The minimum Gasteiger partial charge on any atom is -0.356 e. The number of amides is 2. The van der Waals surface area contributed by atoms with Crippen LogP contribution in [0.2, 0.25) is 0 Å². The van der Waals surface area contributed by atoms with E-state index in [1.54, 1.807) is 0 Å². The van der Waals surface area contributed by atoms with Crippen LogP contribution in [0, 0.1) is 23.7 Å². The number of nitrogens with zero attached hydrogens (tertiary/aromatic N) is 1. The fourth-order valence-corrected chi connectivity index (χ4v) is 5.70.